The zero-order chi connectivity index (χ0) is 14.9. The van der Waals surface area contributed by atoms with E-state index in [1.54, 1.807) is 30.3 Å². The first-order chi connectivity index (χ1) is 10.1. The Kier molecular flexibility index (Phi) is 3.36. The van der Waals surface area contributed by atoms with Crippen LogP contribution in [0.3, 0.4) is 0 Å². The van der Waals surface area contributed by atoms with Crippen molar-refractivity contribution in [3.63, 3.8) is 0 Å². The third-order valence-corrected chi connectivity index (χ3v) is 4.51. The molecular formula is C14H13N3O3S. The van der Waals surface area contributed by atoms with Gasteiger partial charge in [-0.05, 0) is 36.4 Å². The van der Waals surface area contributed by atoms with E-state index in [-0.39, 0.29) is 11.4 Å². The minimum Gasteiger partial charge on any atom is -0.468 e. The topological polar surface area (TPSA) is 98.2 Å². The van der Waals surface area contributed by atoms with Crippen LogP contribution in [-0.2, 0) is 16.6 Å². The number of nitrogens with two attached hydrogens (primary N) is 1. The van der Waals surface area contributed by atoms with Gasteiger partial charge in [0.05, 0.1) is 18.3 Å². The first-order valence-electron chi connectivity index (χ1n) is 6.23. The minimum atomic E-state index is -3.71. The number of nitrogen functional groups attached to an aromatic ring is 1. The molecule has 0 aliphatic carbocycles. The predicted molar refractivity (Wildman–Crippen MR) is 78.9 cm³/mol. The number of sulfonamides is 1. The standard InChI is InChI=1S/C14H13N3O3S/c15-12-5-6-13(14-11(12)4-1-7-16-14)21(18,19)17-9-10-3-2-8-20-10/h1-8,17H,9,15H2. The van der Waals surface area contributed by atoms with Gasteiger partial charge >= 0.3 is 0 Å². The molecule has 0 saturated carbocycles. The summed E-state index contributed by atoms with van der Waals surface area (Å²) < 4.78 is 32.4. The Bertz CT molecular complexity index is 874. The van der Waals surface area contributed by atoms with Crippen molar-refractivity contribution in [3.8, 4) is 0 Å². The van der Waals surface area contributed by atoms with E-state index in [1.807, 2.05) is 0 Å². The van der Waals surface area contributed by atoms with E-state index in [0.717, 1.165) is 0 Å². The molecule has 0 atom stereocenters. The van der Waals surface area contributed by atoms with Gasteiger partial charge in [-0.3, -0.25) is 4.98 Å². The first-order valence-corrected chi connectivity index (χ1v) is 7.71. The van der Waals surface area contributed by atoms with Crippen molar-refractivity contribution in [2.45, 2.75) is 11.4 Å². The second-order valence-corrected chi connectivity index (χ2v) is 6.19. The Labute approximate surface area is 121 Å². The summed E-state index contributed by atoms with van der Waals surface area (Å²) >= 11 is 0. The lowest BCUT2D eigenvalue weighted by atomic mass is 10.2. The van der Waals surface area contributed by atoms with Crippen LogP contribution in [0, 0.1) is 0 Å². The third kappa shape index (κ3) is 2.61. The zero-order valence-corrected chi connectivity index (χ0v) is 11.8. The molecule has 2 aromatic heterocycles. The monoisotopic (exact) mass is 303 g/mol. The summed E-state index contributed by atoms with van der Waals surface area (Å²) in [5.74, 6) is 0.534. The van der Waals surface area contributed by atoms with Gasteiger partial charge in [-0.1, -0.05) is 0 Å². The van der Waals surface area contributed by atoms with Gasteiger partial charge in [0, 0.05) is 17.3 Å². The second kappa shape index (κ2) is 5.19. The van der Waals surface area contributed by atoms with Crippen molar-refractivity contribution in [2.24, 2.45) is 0 Å². The minimum absolute atomic E-state index is 0.0774. The van der Waals surface area contributed by atoms with Gasteiger partial charge in [-0.15, -0.1) is 0 Å². The van der Waals surface area contributed by atoms with Crippen LogP contribution >= 0.6 is 0 Å². The number of hydrogen-bond acceptors (Lipinski definition) is 5. The van der Waals surface area contributed by atoms with Gasteiger partial charge in [-0.25, -0.2) is 13.1 Å². The molecule has 1 aromatic carbocycles. The van der Waals surface area contributed by atoms with Crippen LogP contribution in [0.1, 0.15) is 5.76 Å². The van der Waals surface area contributed by atoms with E-state index in [4.69, 9.17) is 10.2 Å². The maximum absolute atomic E-state index is 12.4. The molecule has 21 heavy (non-hydrogen) atoms. The Morgan fingerprint density at radius 1 is 1.19 bits per heavy atom. The van der Waals surface area contributed by atoms with E-state index in [2.05, 4.69) is 9.71 Å². The van der Waals surface area contributed by atoms with Gasteiger partial charge in [0.2, 0.25) is 10.0 Å². The highest BCUT2D eigenvalue weighted by Crippen LogP contribution is 2.25. The maximum Gasteiger partial charge on any atom is 0.243 e. The first kappa shape index (κ1) is 13.6. The fraction of sp³-hybridized carbons (Fsp3) is 0.0714. The molecule has 0 aliphatic heterocycles. The van der Waals surface area contributed by atoms with Crippen LogP contribution < -0.4 is 10.5 Å². The molecule has 0 spiro atoms. The zero-order valence-electron chi connectivity index (χ0n) is 11.0. The number of benzene rings is 1. The Hall–Kier alpha value is -2.38. The lowest BCUT2D eigenvalue weighted by molar-refractivity contribution is 0.498. The fourth-order valence-electron chi connectivity index (χ4n) is 2.04. The highest BCUT2D eigenvalue weighted by molar-refractivity contribution is 7.89. The van der Waals surface area contributed by atoms with Crippen LogP contribution in [0.25, 0.3) is 10.9 Å². The number of pyridine rings is 1. The van der Waals surface area contributed by atoms with Crippen molar-refractivity contribution in [2.75, 3.05) is 5.73 Å². The number of nitrogens with zero attached hydrogens (tertiary/aromatic N) is 1. The molecule has 3 N–H and O–H groups in total. The summed E-state index contributed by atoms with van der Waals surface area (Å²) in [6.45, 7) is 0.0774. The Balaban J connectivity index is 2.01. The lowest BCUT2D eigenvalue weighted by Gasteiger charge is -2.09. The van der Waals surface area contributed by atoms with E-state index in [1.165, 1.54) is 18.5 Å². The molecule has 0 aliphatic rings. The highest BCUT2D eigenvalue weighted by atomic mass is 32.2. The molecule has 3 aromatic rings. The van der Waals surface area contributed by atoms with E-state index in [9.17, 15) is 8.42 Å². The van der Waals surface area contributed by atoms with E-state index >= 15 is 0 Å². The number of fused-ring (bicyclic) bond motifs is 1. The average molecular weight is 303 g/mol. The number of anilines is 1. The predicted octanol–water partition coefficient (Wildman–Crippen LogP) is 1.89. The van der Waals surface area contributed by atoms with Gasteiger partial charge < -0.3 is 10.2 Å². The molecule has 6 nitrogen and oxygen atoms in total. The van der Waals surface area contributed by atoms with Gasteiger partial charge in [0.25, 0.3) is 0 Å². The number of nitrogens with one attached hydrogen (secondary N) is 1. The van der Waals surface area contributed by atoms with Crippen LogP contribution in [-0.4, -0.2) is 13.4 Å². The normalized spacial score (nSPS) is 11.8. The summed E-state index contributed by atoms with van der Waals surface area (Å²) in [6, 6.07) is 9.86. The van der Waals surface area contributed by atoms with Crippen LogP contribution in [0.15, 0.2) is 58.2 Å². The smallest absolute Gasteiger partial charge is 0.243 e. The third-order valence-electron chi connectivity index (χ3n) is 3.07. The van der Waals surface area contributed by atoms with Crippen molar-refractivity contribution in [3.05, 3.63) is 54.6 Å². The molecule has 2 heterocycles. The summed E-state index contributed by atoms with van der Waals surface area (Å²) in [6.07, 6.45) is 3.02. The fourth-order valence-corrected chi connectivity index (χ4v) is 3.19. The number of rotatable bonds is 4. The molecular weight excluding hydrogens is 290 g/mol. The van der Waals surface area contributed by atoms with Crippen LogP contribution in [0.4, 0.5) is 5.69 Å². The van der Waals surface area contributed by atoms with Gasteiger partial charge in [0.15, 0.2) is 0 Å². The molecule has 3 rings (SSSR count). The Morgan fingerprint density at radius 2 is 2.05 bits per heavy atom. The molecule has 7 heteroatoms. The largest absolute Gasteiger partial charge is 0.468 e. The summed E-state index contributed by atoms with van der Waals surface area (Å²) in [4.78, 5) is 4.23. The SMILES string of the molecule is Nc1ccc(S(=O)(=O)NCc2ccco2)c2ncccc12. The molecule has 0 saturated heterocycles. The van der Waals surface area contributed by atoms with Crippen molar-refractivity contribution in [1.29, 1.82) is 0 Å². The number of furan rings is 1. The second-order valence-electron chi connectivity index (χ2n) is 4.46. The molecule has 0 radical (unpaired) electrons. The quantitative estimate of drug-likeness (QED) is 0.717. The van der Waals surface area contributed by atoms with Crippen LogP contribution in [0.2, 0.25) is 0 Å². The highest BCUT2D eigenvalue weighted by Gasteiger charge is 2.19. The summed E-state index contributed by atoms with van der Waals surface area (Å²) in [5.41, 5.74) is 6.69. The molecule has 0 unspecified atom stereocenters. The molecule has 0 fully saturated rings. The summed E-state index contributed by atoms with van der Waals surface area (Å²) in [7, 11) is -3.71. The molecule has 0 amide bonds. The maximum atomic E-state index is 12.4. The van der Waals surface area contributed by atoms with E-state index < -0.39 is 10.0 Å². The van der Waals surface area contributed by atoms with Crippen molar-refractivity contribution in [1.82, 2.24) is 9.71 Å². The lowest BCUT2D eigenvalue weighted by Crippen LogP contribution is -2.23. The Morgan fingerprint density at radius 3 is 2.81 bits per heavy atom. The number of aromatic nitrogens is 1. The average Bonchev–Trinajstić information content (AvgIpc) is 2.99. The van der Waals surface area contributed by atoms with Crippen molar-refractivity contribution < 1.29 is 12.8 Å². The van der Waals surface area contributed by atoms with Crippen molar-refractivity contribution >= 4 is 26.6 Å². The van der Waals surface area contributed by atoms with Gasteiger partial charge in [-0.2, -0.15) is 0 Å². The molecule has 108 valence electrons. The summed E-state index contributed by atoms with van der Waals surface area (Å²) in [5, 5.41) is 0.610. The molecule has 0 bridgehead atoms. The number of hydrogen-bond donors (Lipinski definition) is 2. The van der Waals surface area contributed by atoms with Gasteiger partial charge in [0.1, 0.15) is 10.7 Å². The van der Waals surface area contributed by atoms with Crippen LogP contribution in [0.5, 0.6) is 0 Å². The van der Waals surface area contributed by atoms with E-state index in [0.29, 0.717) is 22.4 Å².